The molecule has 0 spiro atoms. The lowest BCUT2D eigenvalue weighted by Crippen LogP contribution is -2.11. The Balaban J connectivity index is 1.67. The standard InChI is InChI=1S/C18H21N5/c1-11-12(2)20-13(3)21-18(11)19-10-17-22-15-6-4-5-7-16(15)23(17)14-8-9-14/h4-7,14H,8-10H2,1-3H3,(H,19,20,21). The van der Waals surface area contributed by atoms with Crippen LogP contribution in [-0.2, 0) is 6.54 Å². The van der Waals surface area contributed by atoms with Gasteiger partial charge in [0.2, 0.25) is 0 Å². The fourth-order valence-electron chi connectivity index (χ4n) is 3.06. The Labute approximate surface area is 135 Å². The average Bonchev–Trinajstić information content (AvgIpc) is 3.30. The number of hydrogen-bond acceptors (Lipinski definition) is 4. The Hall–Kier alpha value is -2.43. The Morgan fingerprint density at radius 1 is 1.09 bits per heavy atom. The summed E-state index contributed by atoms with van der Waals surface area (Å²) in [6, 6.07) is 8.98. The first-order valence-electron chi connectivity index (χ1n) is 8.15. The van der Waals surface area contributed by atoms with Crippen LogP contribution < -0.4 is 5.32 Å². The summed E-state index contributed by atoms with van der Waals surface area (Å²) in [5.74, 6) is 2.79. The van der Waals surface area contributed by atoms with Crippen LogP contribution >= 0.6 is 0 Å². The number of rotatable bonds is 4. The van der Waals surface area contributed by atoms with E-state index in [4.69, 9.17) is 4.98 Å². The van der Waals surface area contributed by atoms with Crippen LogP contribution in [0.5, 0.6) is 0 Å². The highest BCUT2D eigenvalue weighted by atomic mass is 15.2. The maximum Gasteiger partial charge on any atom is 0.133 e. The van der Waals surface area contributed by atoms with Gasteiger partial charge in [-0.3, -0.25) is 0 Å². The number of aryl methyl sites for hydroxylation is 2. The summed E-state index contributed by atoms with van der Waals surface area (Å²) in [6.45, 7) is 6.69. The molecule has 0 radical (unpaired) electrons. The van der Waals surface area contributed by atoms with Crippen molar-refractivity contribution in [1.29, 1.82) is 0 Å². The second-order valence-corrected chi connectivity index (χ2v) is 6.30. The molecule has 0 amide bonds. The van der Waals surface area contributed by atoms with Crippen molar-refractivity contribution in [3.8, 4) is 0 Å². The van der Waals surface area contributed by atoms with Crippen molar-refractivity contribution < 1.29 is 0 Å². The molecular weight excluding hydrogens is 286 g/mol. The predicted octanol–water partition coefficient (Wildman–Crippen LogP) is 3.70. The van der Waals surface area contributed by atoms with Gasteiger partial charge in [0.15, 0.2) is 0 Å². The predicted molar refractivity (Wildman–Crippen MR) is 91.6 cm³/mol. The molecule has 0 atom stereocenters. The van der Waals surface area contributed by atoms with Gasteiger partial charge in [-0.15, -0.1) is 0 Å². The van der Waals surface area contributed by atoms with Gasteiger partial charge in [0.1, 0.15) is 17.5 Å². The van der Waals surface area contributed by atoms with Gasteiger partial charge in [-0.25, -0.2) is 15.0 Å². The Morgan fingerprint density at radius 2 is 1.87 bits per heavy atom. The molecule has 1 aromatic carbocycles. The van der Waals surface area contributed by atoms with Crippen molar-refractivity contribution in [1.82, 2.24) is 19.5 Å². The first kappa shape index (κ1) is 14.2. The molecule has 0 saturated heterocycles. The van der Waals surface area contributed by atoms with Gasteiger partial charge in [0.25, 0.3) is 0 Å². The van der Waals surface area contributed by atoms with Gasteiger partial charge in [-0.05, 0) is 45.7 Å². The first-order valence-corrected chi connectivity index (χ1v) is 8.15. The minimum Gasteiger partial charge on any atom is -0.363 e. The molecule has 1 fully saturated rings. The second kappa shape index (κ2) is 5.33. The van der Waals surface area contributed by atoms with Crippen molar-refractivity contribution in [2.75, 3.05) is 5.32 Å². The van der Waals surface area contributed by atoms with Crippen LogP contribution in [0.3, 0.4) is 0 Å². The van der Waals surface area contributed by atoms with Crippen LogP contribution in [0.15, 0.2) is 24.3 Å². The number of para-hydroxylation sites is 2. The van der Waals surface area contributed by atoms with Crippen molar-refractivity contribution in [2.45, 2.75) is 46.2 Å². The van der Waals surface area contributed by atoms with E-state index >= 15 is 0 Å². The molecule has 118 valence electrons. The van der Waals surface area contributed by atoms with Crippen LogP contribution in [0.1, 0.15) is 41.8 Å². The molecule has 2 aromatic heterocycles. The van der Waals surface area contributed by atoms with Crippen molar-refractivity contribution in [3.05, 3.63) is 47.2 Å². The lowest BCUT2D eigenvalue weighted by atomic mass is 10.2. The SMILES string of the molecule is Cc1nc(C)c(C)c(NCc2nc3ccccc3n2C2CC2)n1. The highest BCUT2D eigenvalue weighted by Gasteiger charge is 2.28. The van der Waals surface area contributed by atoms with E-state index in [-0.39, 0.29) is 0 Å². The van der Waals surface area contributed by atoms with Crippen LogP contribution in [0.25, 0.3) is 11.0 Å². The van der Waals surface area contributed by atoms with Crippen molar-refractivity contribution >= 4 is 16.9 Å². The fraction of sp³-hybridized carbons (Fsp3) is 0.389. The van der Waals surface area contributed by atoms with Crippen molar-refractivity contribution in [3.63, 3.8) is 0 Å². The molecule has 4 rings (SSSR count). The third kappa shape index (κ3) is 2.56. The monoisotopic (exact) mass is 307 g/mol. The van der Waals surface area contributed by atoms with Gasteiger partial charge in [-0.2, -0.15) is 0 Å². The summed E-state index contributed by atoms with van der Waals surface area (Å²) in [7, 11) is 0. The Kier molecular flexibility index (Phi) is 3.29. The minimum absolute atomic E-state index is 0.606. The van der Waals surface area contributed by atoms with E-state index in [9.17, 15) is 0 Å². The van der Waals surface area contributed by atoms with E-state index in [1.165, 1.54) is 18.4 Å². The van der Waals surface area contributed by atoms with Crippen LogP contribution in [0.4, 0.5) is 5.82 Å². The smallest absolute Gasteiger partial charge is 0.133 e. The van der Waals surface area contributed by atoms with Gasteiger partial charge in [-0.1, -0.05) is 12.1 Å². The normalized spacial score (nSPS) is 14.4. The number of hydrogen-bond donors (Lipinski definition) is 1. The molecular formula is C18H21N5. The van der Waals surface area contributed by atoms with Gasteiger partial charge in [0, 0.05) is 17.3 Å². The molecule has 1 saturated carbocycles. The maximum atomic E-state index is 4.82. The van der Waals surface area contributed by atoms with Crippen LogP contribution in [0, 0.1) is 20.8 Å². The topological polar surface area (TPSA) is 55.6 Å². The number of anilines is 1. The van der Waals surface area contributed by atoms with Crippen LogP contribution in [0.2, 0.25) is 0 Å². The summed E-state index contributed by atoms with van der Waals surface area (Å²) in [5.41, 5.74) is 4.43. The zero-order chi connectivity index (χ0) is 16.0. The summed E-state index contributed by atoms with van der Waals surface area (Å²) in [4.78, 5) is 13.8. The van der Waals surface area contributed by atoms with E-state index in [1.54, 1.807) is 0 Å². The molecule has 1 aliphatic rings. The molecule has 0 aliphatic heterocycles. The molecule has 0 unspecified atom stereocenters. The summed E-state index contributed by atoms with van der Waals surface area (Å²) < 4.78 is 2.39. The van der Waals surface area contributed by atoms with Crippen LogP contribution in [-0.4, -0.2) is 19.5 Å². The number of aromatic nitrogens is 4. The third-order valence-corrected chi connectivity index (χ3v) is 4.50. The molecule has 23 heavy (non-hydrogen) atoms. The number of imidazole rings is 1. The van der Waals surface area contributed by atoms with Gasteiger partial charge < -0.3 is 9.88 Å². The molecule has 5 nitrogen and oxygen atoms in total. The molecule has 0 bridgehead atoms. The molecule has 1 aliphatic carbocycles. The minimum atomic E-state index is 0.606. The zero-order valence-corrected chi connectivity index (χ0v) is 13.8. The summed E-state index contributed by atoms with van der Waals surface area (Å²) >= 11 is 0. The van der Waals surface area contributed by atoms with E-state index in [0.29, 0.717) is 12.6 Å². The number of fused-ring (bicyclic) bond motifs is 1. The highest BCUT2D eigenvalue weighted by molar-refractivity contribution is 5.76. The highest BCUT2D eigenvalue weighted by Crippen LogP contribution is 2.38. The maximum absolute atomic E-state index is 4.82. The first-order chi connectivity index (χ1) is 11.1. The second-order valence-electron chi connectivity index (χ2n) is 6.30. The lowest BCUT2D eigenvalue weighted by molar-refractivity contribution is 0.710. The molecule has 2 heterocycles. The summed E-state index contributed by atoms with van der Waals surface area (Å²) in [6.07, 6.45) is 2.50. The molecule has 3 aromatic rings. The molecule has 5 heteroatoms. The van der Waals surface area contributed by atoms with E-state index in [1.807, 2.05) is 19.9 Å². The van der Waals surface area contributed by atoms with Gasteiger partial charge >= 0.3 is 0 Å². The quantitative estimate of drug-likeness (QED) is 0.798. The summed E-state index contributed by atoms with van der Waals surface area (Å²) in [5, 5.41) is 3.46. The van der Waals surface area contributed by atoms with E-state index < -0.39 is 0 Å². The number of nitrogens with zero attached hydrogens (tertiary/aromatic N) is 4. The van der Waals surface area contributed by atoms with E-state index in [0.717, 1.165) is 34.2 Å². The largest absolute Gasteiger partial charge is 0.363 e. The van der Waals surface area contributed by atoms with Crippen molar-refractivity contribution in [2.24, 2.45) is 0 Å². The molecule has 1 N–H and O–H groups in total. The Bertz CT molecular complexity index is 876. The Morgan fingerprint density at radius 3 is 2.65 bits per heavy atom. The lowest BCUT2D eigenvalue weighted by Gasteiger charge is -2.12. The van der Waals surface area contributed by atoms with E-state index in [2.05, 4.69) is 45.0 Å². The third-order valence-electron chi connectivity index (χ3n) is 4.50. The van der Waals surface area contributed by atoms with Gasteiger partial charge in [0.05, 0.1) is 17.6 Å². The number of benzene rings is 1. The average molecular weight is 307 g/mol. The fourth-order valence-corrected chi connectivity index (χ4v) is 3.06. The number of nitrogens with one attached hydrogen (secondary N) is 1. The zero-order valence-electron chi connectivity index (χ0n) is 13.8.